The Bertz CT molecular complexity index is 450. The van der Waals surface area contributed by atoms with Gasteiger partial charge in [0.25, 0.3) is 5.91 Å². The van der Waals surface area contributed by atoms with Gasteiger partial charge in [0.1, 0.15) is 4.32 Å². The van der Waals surface area contributed by atoms with Crippen LogP contribution in [-0.4, -0.2) is 21.7 Å². The summed E-state index contributed by atoms with van der Waals surface area (Å²) in [6, 6.07) is 3.98. The van der Waals surface area contributed by atoms with Crippen molar-refractivity contribution in [1.82, 2.24) is 4.90 Å². The van der Waals surface area contributed by atoms with Crippen LogP contribution in [0.5, 0.6) is 0 Å². The zero-order valence-electron chi connectivity index (χ0n) is 9.51. The summed E-state index contributed by atoms with van der Waals surface area (Å²) in [6.07, 6.45) is 4.00. The fourth-order valence-corrected chi connectivity index (χ4v) is 3.54. The van der Waals surface area contributed by atoms with E-state index in [4.69, 9.17) is 12.2 Å². The molecule has 1 aliphatic heterocycles. The van der Waals surface area contributed by atoms with Gasteiger partial charge in [0.2, 0.25) is 0 Å². The van der Waals surface area contributed by atoms with Gasteiger partial charge in [-0.15, -0.1) is 11.3 Å². The Hall–Kier alpha value is -0.650. The van der Waals surface area contributed by atoms with Crippen molar-refractivity contribution in [3.8, 4) is 0 Å². The standard InChI is InChI=1S/C12H13NOS3/c1-2-3-6-13-11(14)10(17-12(13)15)8-9-5-4-7-16-9/h4-5,7-8H,2-3,6H2,1H3. The predicted molar refractivity (Wildman–Crippen MR) is 79.1 cm³/mol. The van der Waals surface area contributed by atoms with Gasteiger partial charge in [0.05, 0.1) is 4.91 Å². The zero-order chi connectivity index (χ0) is 12.3. The summed E-state index contributed by atoms with van der Waals surface area (Å²) >= 11 is 8.27. The van der Waals surface area contributed by atoms with Gasteiger partial charge in [-0.05, 0) is 23.9 Å². The first-order chi connectivity index (χ1) is 8.22. The Morgan fingerprint density at radius 3 is 3.00 bits per heavy atom. The second-order valence-corrected chi connectivity index (χ2v) is 6.36. The lowest BCUT2D eigenvalue weighted by Gasteiger charge is -2.12. The van der Waals surface area contributed by atoms with E-state index in [-0.39, 0.29) is 5.91 Å². The smallest absolute Gasteiger partial charge is 0.266 e. The summed E-state index contributed by atoms with van der Waals surface area (Å²) in [6.45, 7) is 2.85. The lowest BCUT2D eigenvalue weighted by atomic mass is 10.3. The van der Waals surface area contributed by atoms with Crippen LogP contribution in [0.2, 0.25) is 0 Å². The highest BCUT2D eigenvalue weighted by molar-refractivity contribution is 8.26. The minimum absolute atomic E-state index is 0.0573. The summed E-state index contributed by atoms with van der Waals surface area (Å²) in [5, 5.41) is 2.00. The molecule has 0 aromatic carbocycles. The minimum Gasteiger partial charge on any atom is -0.293 e. The lowest BCUT2D eigenvalue weighted by Crippen LogP contribution is -2.28. The van der Waals surface area contributed by atoms with E-state index in [9.17, 15) is 4.79 Å². The number of thiocarbonyl (C=S) groups is 1. The molecule has 1 aliphatic rings. The molecule has 0 N–H and O–H groups in total. The number of carbonyl (C=O) groups is 1. The Morgan fingerprint density at radius 2 is 2.35 bits per heavy atom. The monoisotopic (exact) mass is 283 g/mol. The van der Waals surface area contributed by atoms with Crippen molar-refractivity contribution >= 4 is 51.6 Å². The SMILES string of the molecule is CCCCN1C(=O)C(=Cc2cccs2)SC1=S. The van der Waals surface area contributed by atoms with Crippen LogP contribution >= 0.6 is 35.3 Å². The van der Waals surface area contributed by atoms with E-state index in [2.05, 4.69) is 6.92 Å². The van der Waals surface area contributed by atoms with Crippen LogP contribution in [0.25, 0.3) is 6.08 Å². The number of rotatable bonds is 4. The zero-order valence-corrected chi connectivity index (χ0v) is 12.0. The van der Waals surface area contributed by atoms with Crippen LogP contribution in [-0.2, 0) is 4.79 Å². The molecule has 1 aromatic heterocycles. The fourth-order valence-electron chi connectivity index (χ4n) is 1.51. The van der Waals surface area contributed by atoms with Crippen molar-refractivity contribution in [2.75, 3.05) is 6.54 Å². The first kappa shape index (κ1) is 12.8. The molecule has 0 radical (unpaired) electrons. The molecule has 0 unspecified atom stereocenters. The normalized spacial score (nSPS) is 18.4. The third kappa shape index (κ3) is 2.97. The van der Waals surface area contributed by atoms with Crippen LogP contribution in [0.1, 0.15) is 24.6 Å². The number of thiophene rings is 1. The van der Waals surface area contributed by atoms with E-state index in [1.165, 1.54) is 11.8 Å². The molecule has 17 heavy (non-hydrogen) atoms. The quantitative estimate of drug-likeness (QED) is 0.620. The van der Waals surface area contributed by atoms with Crippen LogP contribution in [0, 0.1) is 0 Å². The summed E-state index contributed by atoms with van der Waals surface area (Å²) in [4.78, 5) is 15.7. The van der Waals surface area contributed by atoms with Crippen LogP contribution in [0.15, 0.2) is 22.4 Å². The average Bonchev–Trinajstić information content (AvgIpc) is 2.89. The summed E-state index contributed by atoms with van der Waals surface area (Å²) in [5.74, 6) is 0.0573. The number of unbranched alkanes of at least 4 members (excludes halogenated alkanes) is 1. The molecule has 90 valence electrons. The number of hydrogen-bond donors (Lipinski definition) is 0. The molecule has 2 heterocycles. The molecule has 2 nitrogen and oxygen atoms in total. The third-order valence-electron chi connectivity index (χ3n) is 2.43. The van der Waals surface area contributed by atoms with E-state index in [1.807, 2.05) is 23.6 Å². The molecule has 1 aromatic rings. The number of amides is 1. The number of hydrogen-bond acceptors (Lipinski definition) is 4. The van der Waals surface area contributed by atoms with E-state index in [1.54, 1.807) is 16.2 Å². The average molecular weight is 283 g/mol. The van der Waals surface area contributed by atoms with Gasteiger partial charge in [0, 0.05) is 11.4 Å². The van der Waals surface area contributed by atoms with Crippen LogP contribution in [0.3, 0.4) is 0 Å². The molecule has 1 fully saturated rings. The molecule has 0 bridgehead atoms. The second-order valence-electron chi connectivity index (χ2n) is 3.70. The Balaban J connectivity index is 2.13. The summed E-state index contributed by atoms with van der Waals surface area (Å²) in [5.41, 5.74) is 0. The van der Waals surface area contributed by atoms with Crippen molar-refractivity contribution in [3.63, 3.8) is 0 Å². The highest BCUT2D eigenvalue weighted by atomic mass is 32.2. The topological polar surface area (TPSA) is 20.3 Å². The maximum absolute atomic E-state index is 12.1. The molecule has 2 rings (SSSR count). The van der Waals surface area contributed by atoms with Crippen LogP contribution in [0.4, 0.5) is 0 Å². The van der Waals surface area contributed by atoms with Gasteiger partial charge in [-0.3, -0.25) is 9.69 Å². The number of thioether (sulfide) groups is 1. The Labute approximate surface area is 115 Å². The summed E-state index contributed by atoms with van der Waals surface area (Å²) in [7, 11) is 0. The lowest BCUT2D eigenvalue weighted by molar-refractivity contribution is -0.122. The maximum atomic E-state index is 12.1. The van der Waals surface area contributed by atoms with Gasteiger partial charge < -0.3 is 0 Å². The highest BCUT2D eigenvalue weighted by Gasteiger charge is 2.31. The largest absolute Gasteiger partial charge is 0.293 e. The van der Waals surface area contributed by atoms with Crippen molar-refractivity contribution in [3.05, 3.63) is 27.3 Å². The second kappa shape index (κ2) is 5.80. The Morgan fingerprint density at radius 1 is 1.53 bits per heavy atom. The minimum atomic E-state index is 0.0573. The van der Waals surface area contributed by atoms with Gasteiger partial charge in [0.15, 0.2) is 0 Å². The molecular weight excluding hydrogens is 270 g/mol. The van der Waals surface area contributed by atoms with Gasteiger partial charge in [-0.2, -0.15) is 0 Å². The molecule has 1 saturated heterocycles. The van der Waals surface area contributed by atoms with E-state index in [0.29, 0.717) is 4.32 Å². The first-order valence-electron chi connectivity index (χ1n) is 5.51. The Kier molecular flexibility index (Phi) is 4.36. The van der Waals surface area contributed by atoms with Gasteiger partial charge in [-0.1, -0.05) is 43.4 Å². The van der Waals surface area contributed by atoms with Gasteiger partial charge in [-0.25, -0.2) is 0 Å². The molecule has 5 heteroatoms. The highest BCUT2D eigenvalue weighted by Crippen LogP contribution is 2.33. The number of nitrogens with zero attached hydrogens (tertiary/aromatic N) is 1. The van der Waals surface area contributed by atoms with E-state index >= 15 is 0 Å². The van der Waals surface area contributed by atoms with Crippen molar-refractivity contribution in [1.29, 1.82) is 0 Å². The number of carbonyl (C=O) groups excluding carboxylic acids is 1. The van der Waals surface area contributed by atoms with Gasteiger partial charge >= 0.3 is 0 Å². The van der Waals surface area contributed by atoms with Crippen molar-refractivity contribution in [2.24, 2.45) is 0 Å². The van der Waals surface area contributed by atoms with Crippen LogP contribution < -0.4 is 0 Å². The van der Waals surface area contributed by atoms with Crippen molar-refractivity contribution in [2.45, 2.75) is 19.8 Å². The molecule has 0 aliphatic carbocycles. The first-order valence-corrected chi connectivity index (χ1v) is 7.61. The molecule has 1 amide bonds. The van der Waals surface area contributed by atoms with E-state index in [0.717, 1.165) is 29.2 Å². The molecule has 0 atom stereocenters. The molecule has 0 saturated carbocycles. The van der Waals surface area contributed by atoms with Crippen molar-refractivity contribution < 1.29 is 4.79 Å². The third-order valence-corrected chi connectivity index (χ3v) is 4.62. The molecule has 0 spiro atoms. The predicted octanol–water partition coefficient (Wildman–Crippen LogP) is 3.75. The fraction of sp³-hybridized carbons (Fsp3) is 0.333. The molecular formula is C12H13NOS3. The maximum Gasteiger partial charge on any atom is 0.266 e. The summed E-state index contributed by atoms with van der Waals surface area (Å²) < 4.78 is 0.686. The van der Waals surface area contributed by atoms with E-state index < -0.39 is 0 Å².